The van der Waals surface area contributed by atoms with Gasteiger partial charge in [-0.15, -0.1) is 0 Å². The molecular formula is C6H8FNO2. The number of carbonyl (C=O) groups excluding carboxylic acids is 1. The van der Waals surface area contributed by atoms with E-state index >= 15 is 0 Å². The molecule has 3 N–H and O–H groups in total. The zero-order chi connectivity index (χ0) is 7.72. The molecule has 0 radical (unpaired) electrons. The van der Waals surface area contributed by atoms with Crippen LogP contribution in [0.3, 0.4) is 0 Å². The molecule has 3 nitrogen and oxygen atoms in total. The molecule has 56 valence electrons. The van der Waals surface area contributed by atoms with Crippen LogP contribution >= 0.6 is 0 Å². The first-order valence-corrected chi connectivity index (χ1v) is 3.00. The largest absolute Gasteiger partial charge is 0.545 e. The van der Waals surface area contributed by atoms with Crippen molar-refractivity contribution in [2.75, 3.05) is 0 Å². The van der Waals surface area contributed by atoms with E-state index in [-0.39, 0.29) is 12.0 Å². The van der Waals surface area contributed by atoms with E-state index in [9.17, 15) is 14.3 Å². The number of aliphatic carboxylic acids is 1. The summed E-state index contributed by atoms with van der Waals surface area (Å²) in [6, 6.07) is -0.451. The molecule has 2 atom stereocenters. The molecule has 0 amide bonds. The molecule has 0 unspecified atom stereocenters. The van der Waals surface area contributed by atoms with Gasteiger partial charge in [0.05, 0.1) is 5.97 Å². The summed E-state index contributed by atoms with van der Waals surface area (Å²) in [5.74, 6) is -1.28. The average molecular weight is 145 g/mol. The fourth-order valence-electron chi connectivity index (χ4n) is 0.943. The van der Waals surface area contributed by atoms with Crippen LogP contribution in [0.2, 0.25) is 0 Å². The van der Waals surface area contributed by atoms with Crippen molar-refractivity contribution in [2.45, 2.75) is 18.6 Å². The Hall–Kier alpha value is -0.900. The van der Waals surface area contributed by atoms with Crippen LogP contribution < -0.4 is 10.8 Å². The molecule has 0 fully saturated rings. The normalized spacial score (nSPS) is 32.0. The van der Waals surface area contributed by atoms with Crippen molar-refractivity contribution in [3.63, 3.8) is 0 Å². The second kappa shape index (κ2) is 2.38. The highest BCUT2D eigenvalue weighted by Gasteiger charge is 2.27. The SMILES string of the molecule is [NH3+][C@H]1CC(C(=O)[O-])=C[C@H]1F. The van der Waals surface area contributed by atoms with E-state index < -0.39 is 18.2 Å². The van der Waals surface area contributed by atoms with Crippen LogP contribution in [-0.4, -0.2) is 18.2 Å². The van der Waals surface area contributed by atoms with Crippen LogP contribution in [0.15, 0.2) is 11.6 Å². The third-order valence-electron chi connectivity index (χ3n) is 1.56. The molecule has 0 heterocycles. The summed E-state index contributed by atoms with van der Waals surface area (Å²) in [5, 5.41) is 10.1. The molecule has 0 spiro atoms. The molecule has 0 aliphatic heterocycles. The van der Waals surface area contributed by atoms with Crippen molar-refractivity contribution in [1.29, 1.82) is 0 Å². The van der Waals surface area contributed by atoms with Crippen LogP contribution in [0.5, 0.6) is 0 Å². The Kier molecular flexibility index (Phi) is 1.72. The number of hydrogen-bond acceptors (Lipinski definition) is 2. The summed E-state index contributed by atoms with van der Waals surface area (Å²) in [6.45, 7) is 0. The third-order valence-corrected chi connectivity index (χ3v) is 1.56. The van der Waals surface area contributed by atoms with Gasteiger partial charge in [-0.1, -0.05) is 0 Å². The topological polar surface area (TPSA) is 67.8 Å². The van der Waals surface area contributed by atoms with Gasteiger partial charge in [-0.3, -0.25) is 0 Å². The van der Waals surface area contributed by atoms with Crippen molar-refractivity contribution < 1.29 is 20.0 Å². The minimum Gasteiger partial charge on any atom is -0.545 e. The first-order valence-electron chi connectivity index (χ1n) is 3.00. The molecule has 1 aliphatic carbocycles. The molecule has 4 heteroatoms. The van der Waals surface area contributed by atoms with E-state index in [1.54, 1.807) is 0 Å². The van der Waals surface area contributed by atoms with Gasteiger partial charge in [0, 0.05) is 6.42 Å². The monoisotopic (exact) mass is 145 g/mol. The molecule has 0 aromatic carbocycles. The molecule has 10 heavy (non-hydrogen) atoms. The van der Waals surface area contributed by atoms with Crippen molar-refractivity contribution in [3.05, 3.63) is 11.6 Å². The Labute approximate surface area is 57.3 Å². The second-order valence-corrected chi connectivity index (χ2v) is 2.39. The van der Waals surface area contributed by atoms with E-state index in [1.165, 1.54) is 0 Å². The third kappa shape index (κ3) is 1.16. The van der Waals surface area contributed by atoms with Crippen LogP contribution in [-0.2, 0) is 4.79 Å². The zero-order valence-electron chi connectivity index (χ0n) is 5.34. The number of rotatable bonds is 1. The highest BCUT2D eigenvalue weighted by Crippen LogP contribution is 2.17. The first-order chi connectivity index (χ1) is 4.61. The average Bonchev–Trinajstić information content (AvgIpc) is 2.13. The number of quaternary nitrogens is 1. The van der Waals surface area contributed by atoms with E-state index in [1.807, 2.05) is 0 Å². The van der Waals surface area contributed by atoms with E-state index in [0.717, 1.165) is 6.08 Å². The Morgan fingerprint density at radius 3 is 2.70 bits per heavy atom. The number of hydrogen-bond donors (Lipinski definition) is 1. The van der Waals surface area contributed by atoms with E-state index in [0.29, 0.717) is 0 Å². The lowest BCUT2D eigenvalue weighted by molar-refractivity contribution is -0.426. The fourth-order valence-corrected chi connectivity index (χ4v) is 0.943. The Morgan fingerprint density at radius 1 is 1.90 bits per heavy atom. The lowest BCUT2D eigenvalue weighted by atomic mass is 10.2. The van der Waals surface area contributed by atoms with Crippen LogP contribution in [0.4, 0.5) is 4.39 Å². The maximum Gasteiger partial charge on any atom is 0.170 e. The maximum atomic E-state index is 12.5. The minimum atomic E-state index is -1.28. The lowest BCUT2D eigenvalue weighted by Gasteiger charge is -2.01. The highest BCUT2D eigenvalue weighted by atomic mass is 19.1. The summed E-state index contributed by atoms with van der Waals surface area (Å²) in [6.07, 6.45) is 0.0316. The van der Waals surface area contributed by atoms with Gasteiger partial charge in [-0.05, 0) is 11.6 Å². The van der Waals surface area contributed by atoms with Gasteiger partial charge in [0.2, 0.25) is 0 Å². The van der Waals surface area contributed by atoms with Gasteiger partial charge >= 0.3 is 0 Å². The molecule has 0 saturated carbocycles. The minimum absolute atomic E-state index is 0.0347. The van der Waals surface area contributed by atoms with Gasteiger partial charge in [0.1, 0.15) is 6.04 Å². The van der Waals surface area contributed by atoms with Crippen molar-refractivity contribution in [2.24, 2.45) is 0 Å². The zero-order valence-corrected chi connectivity index (χ0v) is 5.34. The Morgan fingerprint density at radius 2 is 2.50 bits per heavy atom. The Bertz CT molecular complexity index is 190. The molecule has 1 rings (SSSR count). The molecule has 0 bridgehead atoms. The Balaban J connectivity index is 2.67. The van der Waals surface area contributed by atoms with Crippen molar-refractivity contribution in [3.8, 4) is 0 Å². The number of halogens is 1. The van der Waals surface area contributed by atoms with Gasteiger partial charge in [0.15, 0.2) is 6.17 Å². The summed E-state index contributed by atoms with van der Waals surface area (Å²) >= 11 is 0. The van der Waals surface area contributed by atoms with Gasteiger partial charge in [-0.2, -0.15) is 0 Å². The van der Waals surface area contributed by atoms with Gasteiger partial charge < -0.3 is 15.6 Å². The molecule has 0 aromatic heterocycles. The predicted molar refractivity (Wildman–Crippen MR) is 29.3 cm³/mol. The number of carboxylic acids is 1. The van der Waals surface area contributed by atoms with Gasteiger partial charge in [0.25, 0.3) is 0 Å². The molecular weight excluding hydrogens is 137 g/mol. The quantitative estimate of drug-likeness (QED) is 0.464. The molecule has 0 aromatic rings. The number of alkyl halides is 1. The summed E-state index contributed by atoms with van der Waals surface area (Å²) in [4.78, 5) is 10.1. The van der Waals surface area contributed by atoms with Crippen LogP contribution in [0, 0.1) is 0 Å². The maximum absolute atomic E-state index is 12.5. The van der Waals surface area contributed by atoms with Crippen molar-refractivity contribution in [1.82, 2.24) is 0 Å². The predicted octanol–water partition coefficient (Wildman–Crippen LogP) is -1.98. The summed E-state index contributed by atoms with van der Waals surface area (Å²) in [7, 11) is 0. The van der Waals surface area contributed by atoms with Crippen LogP contribution in [0.1, 0.15) is 6.42 Å². The summed E-state index contributed by atoms with van der Waals surface area (Å²) < 4.78 is 12.5. The standard InChI is InChI=1S/C6H8FNO2/c7-4-1-3(6(9)10)2-5(4)8/h1,4-5H,2,8H2,(H,9,10)/t4-,5+/m1/s1. The lowest BCUT2D eigenvalue weighted by Crippen LogP contribution is -2.63. The number of carbonyl (C=O) groups is 1. The van der Waals surface area contributed by atoms with Crippen molar-refractivity contribution >= 4 is 5.97 Å². The van der Waals surface area contributed by atoms with E-state index in [2.05, 4.69) is 5.73 Å². The van der Waals surface area contributed by atoms with Crippen LogP contribution in [0.25, 0.3) is 0 Å². The van der Waals surface area contributed by atoms with Gasteiger partial charge in [-0.25, -0.2) is 4.39 Å². The highest BCUT2D eigenvalue weighted by molar-refractivity contribution is 5.85. The second-order valence-electron chi connectivity index (χ2n) is 2.39. The molecule has 1 aliphatic rings. The molecule has 0 saturated heterocycles. The summed E-state index contributed by atoms with van der Waals surface area (Å²) in [5.41, 5.74) is 3.47. The first kappa shape index (κ1) is 7.21. The van der Waals surface area contributed by atoms with E-state index in [4.69, 9.17) is 0 Å². The number of carboxylic acid groups (broad SMARTS) is 1. The smallest absolute Gasteiger partial charge is 0.170 e. The fraction of sp³-hybridized carbons (Fsp3) is 0.500.